The molecule has 0 saturated heterocycles. The van der Waals surface area contributed by atoms with E-state index in [1.807, 2.05) is 6.07 Å². The fourth-order valence-electron chi connectivity index (χ4n) is 1.64. The van der Waals surface area contributed by atoms with Crippen LogP contribution in [0.15, 0.2) is 23.1 Å². The van der Waals surface area contributed by atoms with Crippen LogP contribution in [-0.4, -0.2) is 37.6 Å². The maximum Gasteiger partial charge on any atom is 0.244 e. The van der Waals surface area contributed by atoms with Crippen LogP contribution in [0.3, 0.4) is 0 Å². The van der Waals surface area contributed by atoms with Crippen molar-refractivity contribution in [1.82, 2.24) is 4.31 Å². The average Bonchev–Trinajstić information content (AvgIpc) is 2.36. The number of nitriles is 1. The van der Waals surface area contributed by atoms with Crippen molar-refractivity contribution in [2.75, 3.05) is 13.1 Å². The number of rotatable bonds is 6. The molecule has 0 heterocycles. The molecule has 0 aliphatic carbocycles. The van der Waals surface area contributed by atoms with E-state index in [9.17, 15) is 18.0 Å². The van der Waals surface area contributed by atoms with Crippen LogP contribution in [0, 0.1) is 18.3 Å². The van der Waals surface area contributed by atoms with Gasteiger partial charge >= 0.3 is 0 Å². The summed E-state index contributed by atoms with van der Waals surface area (Å²) in [7, 11) is -4.12. The minimum atomic E-state index is -4.12. The maximum atomic E-state index is 12.4. The molecular weight excluding hydrogens is 296 g/mol. The topological polar surface area (TPSA) is 147 Å². The zero-order valence-electron chi connectivity index (χ0n) is 11.2. The van der Waals surface area contributed by atoms with Crippen molar-refractivity contribution in [1.29, 1.82) is 5.26 Å². The molecule has 0 aromatic heterocycles. The molecular formula is C12H14N4O4S. The van der Waals surface area contributed by atoms with Gasteiger partial charge in [0, 0.05) is 0 Å². The van der Waals surface area contributed by atoms with Gasteiger partial charge in [0.2, 0.25) is 21.8 Å². The number of carbonyl (C=O) groups is 2. The summed E-state index contributed by atoms with van der Waals surface area (Å²) in [5.74, 6) is -1.82. The number of nitrogens with zero attached hydrogens (tertiary/aromatic N) is 2. The lowest BCUT2D eigenvalue weighted by Gasteiger charge is -2.19. The minimum absolute atomic E-state index is 0.151. The summed E-state index contributed by atoms with van der Waals surface area (Å²) < 4.78 is 25.4. The van der Waals surface area contributed by atoms with Gasteiger partial charge in [-0.05, 0) is 30.7 Å². The van der Waals surface area contributed by atoms with Gasteiger partial charge in [-0.25, -0.2) is 8.42 Å². The second-order valence-electron chi connectivity index (χ2n) is 4.29. The SMILES string of the molecule is Cc1cc(S(=O)(=O)N(CC(N)=O)CC(N)=O)ccc1C#N. The summed E-state index contributed by atoms with van der Waals surface area (Å²) in [5, 5.41) is 8.83. The average molecular weight is 310 g/mol. The molecule has 0 atom stereocenters. The second kappa shape index (κ2) is 6.34. The Labute approximate surface area is 122 Å². The highest BCUT2D eigenvalue weighted by atomic mass is 32.2. The summed E-state index contributed by atoms with van der Waals surface area (Å²) in [6.45, 7) is 0.249. The molecule has 0 fully saturated rings. The van der Waals surface area contributed by atoms with Crippen molar-refractivity contribution >= 4 is 21.8 Å². The van der Waals surface area contributed by atoms with Gasteiger partial charge in [0.05, 0.1) is 29.6 Å². The Balaban J connectivity index is 3.28. The predicted octanol–water partition coefficient (Wildman–Crippen LogP) is -1.17. The lowest BCUT2D eigenvalue weighted by molar-refractivity contribution is -0.120. The molecule has 1 aromatic rings. The molecule has 0 aliphatic heterocycles. The Kier molecular flexibility index (Phi) is 5.02. The summed E-state index contributed by atoms with van der Waals surface area (Å²) >= 11 is 0. The van der Waals surface area contributed by atoms with Crippen LogP contribution in [0.5, 0.6) is 0 Å². The van der Waals surface area contributed by atoms with Crippen molar-refractivity contribution < 1.29 is 18.0 Å². The molecule has 0 aliphatic rings. The molecule has 0 radical (unpaired) electrons. The first-order chi connectivity index (χ1) is 9.68. The summed E-state index contributed by atoms with van der Waals surface area (Å²) in [6.07, 6.45) is 0. The van der Waals surface area contributed by atoms with Crippen molar-refractivity contribution in [3.8, 4) is 6.07 Å². The van der Waals surface area contributed by atoms with Crippen molar-refractivity contribution in [2.24, 2.45) is 11.5 Å². The van der Waals surface area contributed by atoms with Crippen molar-refractivity contribution in [3.05, 3.63) is 29.3 Å². The molecule has 0 spiro atoms. The quantitative estimate of drug-likeness (QED) is 0.679. The lowest BCUT2D eigenvalue weighted by Crippen LogP contribution is -2.43. The van der Waals surface area contributed by atoms with Crippen LogP contribution in [0.2, 0.25) is 0 Å². The number of hydrogen-bond acceptors (Lipinski definition) is 5. The van der Waals surface area contributed by atoms with Crippen LogP contribution in [0.4, 0.5) is 0 Å². The Morgan fingerprint density at radius 1 is 1.24 bits per heavy atom. The van der Waals surface area contributed by atoms with Crippen LogP contribution in [0.1, 0.15) is 11.1 Å². The van der Waals surface area contributed by atoms with Gasteiger partial charge in [0.1, 0.15) is 0 Å². The molecule has 112 valence electrons. The van der Waals surface area contributed by atoms with Crippen LogP contribution in [0.25, 0.3) is 0 Å². The minimum Gasteiger partial charge on any atom is -0.369 e. The summed E-state index contributed by atoms with van der Waals surface area (Å²) in [5.41, 5.74) is 10.7. The van der Waals surface area contributed by atoms with Gasteiger partial charge in [-0.1, -0.05) is 0 Å². The number of nitrogens with two attached hydrogens (primary N) is 2. The molecule has 0 unspecified atom stereocenters. The Hall–Kier alpha value is -2.44. The summed E-state index contributed by atoms with van der Waals surface area (Å²) in [4.78, 5) is 21.8. The van der Waals surface area contributed by atoms with Gasteiger partial charge in [-0.3, -0.25) is 9.59 Å². The van der Waals surface area contributed by atoms with E-state index in [0.717, 1.165) is 0 Å². The normalized spacial score (nSPS) is 11.1. The van der Waals surface area contributed by atoms with E-state index < -0.39 is 34.9 Å². The number of benzene rings is 1. The maximum absolute atomic E-state index is 12.4. The van der Waals surface area contributed by atoms with Crippen molar-refractivity contribution in [2.45, 2.75) is 11.8 Å². The summed E-state index contributed by atoms with van der Waals surface area (Å²) in [6, 6.07) is 5.75. The van der Waals surface area contributed by atoms with E-state index in [4.69, 9.17) is 16.7 Å². The van der Waals surface area contributed by atoms with Gasteiger partial charge in [0.15, 0.2) is 0 Å². The molecule has 8 nitrogen and oxygen atoms in total. The van der Waals surface area contributed by atoms with E-state index in [1.54, 1.807) is 6.92 Å². The molecule has 1 aromatic carbocycles. The Bertz CT molecular complexity index is 705. The second-order valence-corrected chi connectivity index (χ2v) is 6.23. The highest BCUT2D eigenvalue weighted by Gasteiger charge is 2.27. The number of carbonyl (C=O) groups excluding carboxylic acids is 2. The van der Waals surface area contributed by atoms with Gasteiger partial charge in [-0.2, -0.15) is 9.57 Å². The Morgan fingerprint density at radius 3 is 2.14 bits per heavy atom. The number of sulfonamides is 1. The fourth-order valence-corrected chi connectivity index (χ4v) is 3.10. The Morgan fingerprint density at radius 2 is 1.76 bits per heavy atom. The molecule has 9 heteroatoms. The highest BCUT2D eigenvalue weighted by molar-refractivity contribution is 7.89. The smallest absolute Gasteiger partial charge is 0.244 e. The van der Waals surface area contributed by atoms with E-state index in [-0.39, 0.29) is 4.90 Å². The van der Waals surface area contributed by atoms with E-state index in [1.165, 1.54) is 18.2 Å². The van der Waals surface area contributed by atoms with E-state index in [2.05, 4.69) is 0 Å². The number of aryl methyl sites for hydroxylation is 1. The first-order valence-corrected chi connectivity index (χ1v) is 7.20. The third-order valence-electron chi connectivity index (χ3n) is 2.62. The third-order valence-corrected chi connectivity index (χ3v) is 4.41. The fraction of sp³-hybridized carbons (Fsp3) is 0.250. The molecule has 0 saturated carbocycles. The molecule has 1 rings (SSSR count). The van der Waals surface area contributed by atoms with Gasteiger partial charge in [-0.15, -0.1) is 0 Å². The van der Waals surface area contributed by atoms with Crippen LogP contribution < -0.4 is 11.5 Å². The third kappa shape index (κ3) is 4.01. The first kappa shape index (κ1) is 16.6. The van der Waals surface area contributed by atoms with Crippen LogP contribution >= 0.6 is 0 Å². The van der Waals surface area contributed by atoms with Crippen molar-refractivity contribution in [3.63, 3.8) is 0 Å². The largest absolute Gasteiger partial charge is 0.369 e. The highest BCUT2D eigenvalue weighted by Crippen LogP contribution is 2.19. The predicted molar refractivity (Wildman–Crippen MR) is 73.0 cm³/mol. The molecule has 4 N–H and O–H groups in total. The number of hydrogen-bond donors (Lipinski definition) is 2. The molecule has 2 amide bonds. The number of amides is 2. The molecule has 21 heavy (non-hydrogen) atoms. The number of primary amides is 2. The zero-order chi connectivity index (χ0) is 16.2. The zero-order valence-corrected chi connectivity index (χ0v) is 12.1. The van der Waals surface area contributed by atoms with E-state index in [0.29, 0.717) is 15.4 Å². The van der Waals surface area contributed by atoms with Gasteiger partial charge < -0.3 is 11.5 Å². The van der Waals surface area contributed by atoms with E-state index >= 15 is 0 Å². The monoisotopic (exact) mass is 310 g/mol. The standard InChI is InChI=1S/C12H14N4O4S/c1-8-4-10(3-2-9(8)5-13)21(19,20)16(6-11(14)17)7-12(15)18/h2-4H,6-7H2,1H3,(H2,14,17)(H2,15,18). The first-order valence-electron chi connectivity index (χ1n) is 5.76. The van der Waals surface area contributed by atoms with Crippen LogP contribution in [-0.2, 0) is 19.6 Å². The lowest BCUT2D eigenvalue weighted by atomic mass is 10.1. The molecule has 0 bridgehead atoms. The van der Waals surface area contributed by atoms with Gasteiger partial charge in [0.25, 0.3) is 0 Å².